The highest BCUT2D eigenvalue weighted by Gasteiger charge is 2.21. The number of aliphatic hydroxyl groups excluding tert-OH is 1. The Morgan fingerprint density at radius 3 is 2.63 bits per heavy atom. The van der Waals surface area contributed by atoms with E-state index in [-0.39, 0.29) is 17.3 Å². The van der Waals surface area contributed by atoms with Gasteiger partial charge in [-0.25, -0.2) is 4.79 Å². The normalized spacial score (nSPS) is 12.4. The molecule has 0 saturated heterocycles. The molecule has 1 rings (SSSR count). The maximum atomic E-state index is 11.9. The average molecular weight is 295 g/mol. The van der Waals surface area contributed by atoms with Gasteiger partial charge in [0.2, 0.25) is 0 Å². The second-order valence-corrected chi connectivity index (χ2v) is 4.36. The van der Waals surface area contributed by atoms with E-state index in [9.17, 15) is 18.4 Å². The molecule has 1 aromatic heterocycles. The Balaban J connectivity index is 2.60. The first kappa shape index (κ1) is 15.4. The van der Waals surface area contributed by atoms with Crippen molar-refractivity contribution >= 4 is 23.6 Å². The zero-order valence-electron chi connectivity index (χ0n) is 9.51. The van der Waals surface area contributed by atoms with Crippen molar-refractivity contribution in [3.05, 3.63) is 23.7 Å². The number of amides is 1. The summed E-state index contributed by atoms with van der Waals surface area (Å²) in [4.78, 5) is 22.1. The molecule has 1 atom stereocenters. The van der Waals surface area contributed by atoms with Gasteiger partial charge in [-0.2, -0.15) is 8.78 Å². The molecule has 1 amide bonds. The van der Waals surface area contributed by atoms with Gasteiger partial charge in [-0.15, -0.1) is 0 Å². The smallest absolute Gasteiger partial charge is 0.328 e. The zero-order valence-corrected chi connectivity index (χ0v) is 10.3. The fraction of sp³-hybridized carbons (Fsp3) is 0.400. The number of thioether (sulfide) groups is 1. The predicted molar refractivity (Wildman–Crippen MR) is 62.0 cm³/mol. The molecule has 0 aromatic carbocycles. The minimum Gasteiger partial charge on any atom is -0.480 e. The number of hydrogen-bond donors (Lipinski definition) is 3. The lowest BCUT2D eigenvalue weighted by Gasteiger charge is -2.09. The number of nitrogens with one attached hydrogen (secondary N) is 1. The minimum absolute atomic E-state index is 0.104. The third-order valence-corrected chi connectivity index (χ3v) is 2.73. The van der Waals surface area contributed by atoms with Crippen LogP contribution < -0.4 is 5.32 Å². The number of halogens is 2. The van der Waals surface area contributed by atoms with Crippen LogP contribution in [0.2, 0.25) is 0 Å². The van der Waals surface area contributed by atoms with Crippen LogP contribution in [0.1, 0.15) is 16.3 Å². The van der Waals surface area contributed by atoms with Crippen molar-refractivity contribution in [3.8, 4) is 0 Å². The molecule has 0 spiro atoms. The maximum absolute atomic E-state index is 11.9. The van der Waals surface area contributed by atoms with Crippen LogP contribution >= 0.6 is 11.8 Å². The van der Waals surface area contributed by atoms with Gasteiger partial charge in [0.25, 0.3) is 11.7 Å². The number of aliphatic carboxylic acids is 1. The highest BCUT2D eigenvalue weighted by molar-refractivity contribution is 7.98. The second kappa shape index (κ2) is 7.10. The van der Waals surface area contributed by atoms with Crippen LogP contribution in [0, 0.1) is 0 Å². The van der Waals surface area contributed by atoms with Crippen LogP contribution in [-0.4, -0.2) is 40.5 Å². The Hall–Kier alpha value is -1.61. The molecular formula is C10H11F2NO5S. The van der Waals surface area contributed by atoms with Crippen molar-refractivity contribution < 1.29 is 33.0 Å². The summed E-state index contributed by atoms with van der Waals surface area (Å²) in [7, 11) is 0. The molecule has 1 unspecified atom stereocenters. The number of furan rings is 1. The molecule has 0 saturated carbocycles. The Labute approximate surface area is 110 Å². The standard InChI is InChI=1S/C10H11F2NO5S/c11-10(12)19-4-5-1-2-7(18-5)8(15)13-6(3-14)9(16)17/h1-2,6,10,14H,3-4H2,(H,13,15)(H,16,17). The van der Waals surface area contributed by atoms with Gasteiger partial charge < -0.3 is 19.9 Å². The first-order valence-electron chi connectivity index (χ1n) is 5.07. The van der Waals surface area contributed by atoms with E-state index in [0.717, 1.165) is 0 Å². The molecule has 0 aliphatic rings. The molecular weight excluding hydrogens is 284 g/mol. The van der Waals surface area contributed by atoms with Crippen LogP contribution in [0.5, 0.6) is 0 Å². The van der Waals surface area contributed by atoms with Crippen molar-refractivity contribution in [2.24, 2.45) is 0 Å². The van der Waals surface area contributed by atoms with E-state index in [1.165, 1.54) is 12.1 Å². The SMILES string of the molecule is O=C(NC(CO)C(=O)O)c1ccc(CSC(F)F)o1. The highest BCUT2D eigenvalue weighted by atomic mass is 32.2. The minimum atomic E-state index is -2.55. The lowest BCUT2D eigenvalue weighted by molar-refractivity contribution is -0.140. The van der Waals surface area contributed by atoms with Crippen LogP contribution in [-0.2, 0) is 10.5 Å². The van der Waals surface area contributed by atoms with Gasteiger partial charge in [-0.3, -0.25) is 4.79 Å². The van der Waals surface area contributed by atoms with Crippen LogP contribution in [0.25, 0.3) is 0 Å². The van der Waals surface area contributed by atoms with Crippen molar-refractivity contribution in [1.82, 2.24) is 5.32 Å². The number of hydrogen-bond acceptors (Lipinski definition) is 5. The van der Waals surface area contributed by atoms with E-state index in [0.29, 0.717) is 11.8 Å². The molecule has 3 N–H and O–H groups in total. The topological polar surface area (TPSA) is 99.8 Å². The van der Waals surface area contributed by atoms with E-state index in [1.54, 1.807) is 0 Å². The molecule has 6 nitrogen and oxygen atoms in total. The summed E-state index contributed by atoms with van der Waals surface area (Å²) in [6.07, 6.45) is 0. The van der Waals surface area contributed by atoms with E-state index in [4.69, 9.17) is 14.6 Å². The number of carboxylic acid groups (broad SMARTS) is 1. The Morgan fingerprint density at radius 2 is 2.11 bits per heavy atom. The van der Waals surface area contributed by atoms with Gasteiger partial charge in [-0.05, 0) is 12.1 Å². The highest BCUT2D eigenvalue weighted by Crippen LogP contribution is 2.21. The first-order valence-corrected chi connectivity index (χ1v) is 6.12. The number of carbonyl (C=O) groups excluding carboxylic acids is 1. The van der Waals surface area contributed by atoms with Crippen molar-refractivity contribution in [1.29, 1.82) is 0 Å². The number of alkyl halides is 2. The summed E-state index contributed by atoms with van der Waals surface area (Å²) >= 11 is 0.340. The Kier molecular flexibility index (Phi) is 5.77. The predicted octanol–water partition coefficient (Wildman–Crippen LogP) is 0.911. The van der Waals surface area contributed by atoms with E-state index < -0.39 is 30.3 Å². The van der Waals surface area contributed by atoms with Crippen molar-refractivity contribution in [2.45, 2.75) is 17.6 Å². The van der Waals surface area contributed by atoms with Crippen LogP contribution in [0.3, 0.4) is 0 Å². The third-order valence-electron chi connectivity index (χ3n) is 2.02. The average Bonchev–Trinajstić information content (AvgIpc) is 2.81. The second-order valence-electron chi connectivity index (χ2n) is 3.38. The number of carbonyl (C=O) groups is 2. The fourth-order valence-electron chi connectivity index (χ4n) is 1.14. The molecule has 0 aliphatic heterocycles. The Morgan fingerprint density at radius 1 is 1.42 bits per heavy atom. The van der Waals surface area contributed by atoms with Crippen molar-refractivity contribution in [3.63, 3.8) is 0 Å². The lowest BCUT2D eigenvalue weighted by Crippen LogP contribution is -2.43. The zero-order chi connectivity index (χ0) is 14.4. The Bertz CT molecular complexity index is 451. The molecule has 1 heterocycles. The molecule has 0 aliphatic carbocycles. The molecule has 0 bridgehead atoms. The number of aliphatic hydroxyl groups is 1. The lowest BCUT2D eigenvalue weighted by atomic mass is 10.3. The molecule has 0 radical (unpaired) electrons. The summed E-state index contributed by atoms with van der Waals surface area (Å²) in [6.45, 7) is -0.768. The van der Waals surface area contributed by atoms with Gasteiger partial charge in [0.1, 0.15) is 5.76 Å². The quantitative estimate of drug-likeness (QED) is 0.691. The van der Waals surface area contributed by atoms with Gasteiger partial charge in [0.05, 0.1) is 12.4 Å². The van der Waals surface area contributed by atoms with E-state index in [2.05, 4.69) is 0 Å². The number of carboxylic acids is 1. The van der Waals surface area contributed by atoms with Gasteiger partial charge in [0.15, 0.2) is 11.8 Å². The van der Waals surface area contributed by atoms with Gasteiger partial charge in [0, 0.05) is 0 Å². The maximum Gasteiger partial charge on any atom is 0.328 e. The van der Waals surface area contributed by atoms with Gasteiger partial charge >= 0.3 is 5.97 Å². The number of rotatable bonds is 7. The van der Waals surface area contributed by atoms with E-state index >= 15 is 0 Å². The van der Waals surface area contributed by atoms with Crippen LogP contribution in [0.15, 0.2) is 16.5 Å². The first-order chi connectivity index (χ1) is 8.93. The largest absolute Gasteiger partial charge is 0.480 e. The molecule has 1 aromatic rings. The summed E-state index contributed by atoms with van der Waals surface area (Å²) < 4.78 is 28.9. The van der Waals surface area contributed by atoms with E-state index in [1.807, 2.05) is 5.32 Å². The summed E-state index contributed by atoms with van der Waals surface area (Å²) in [6, 6.07) is 1.14. The summed E-state index contributed by atoms with van der Waals surface area (Å²) in [5, 5.41) is 19.4. The van der Waals surface area contributed by atoms with Crippen molar-refractivity contribution in [2.75, 3.05) is 6.61 Å². The molecule has 106 valence electrons. The molecule has 19 heavy (non-hydrogen) atoms. The third kappa shape index (κ3) is 4.87. The summed E-state index contributed by atoms with van der Waals surface area (Å²) in [5.74, 6) is -4.91. The van der Waals surface area contributed by atoms with Crippen LogP contribution in [0.4, 0.5) is 8.78 Å². The monoisotopic (exact) mass is 295 g/mol. The summed E-state index contributed by atoms with van der Waals surface area (Å²) in [5.41, 5.74) is 0. The van der Waals surface area contributed by atoms with Gasteiger partial charge in [-0.1, -0.05) is 11.8 Å². The molecule has 0 fully saturated rings. The molecule has 9 heteroatoms. The fourth-order valence-corrected chi connectivity index (χ4v) is 1.58.